The number of rotatable bonds is 3. The van der Waals surface area contributed by atoms with Gasteiger partial charge in [0.25, 0.3) is 0 Å². The first-order valence-electron chi connectivity index (χ1n) is 4.09. The number of ether oxygens (including phenoxy) is 1. The van der Waals surface area contributed by atoms with Crippen molar-refractivity contribution in [1.29, 1.82) is 0 Å². The van der Waals surface area contributed by atoms with Gasteiger partial charge >= 0.3 is 0 Å². The van der Waals surface area contributed by atoms with E-state index in [0.29, 0.717) is 0 Å². The van der Waals surface area contributed by atoms with Crippen LogP contribution < -0.4 is 0 Å². The quantitative estimate of drug-likeness (QED) is 0.782. The maximum absolute atomic E-state index is 13.4. The first-order valence-corrected chi connectivity index (χ1v) is 4.88. The predicted molar refractivity (Wildman–Crippen MR) is 54.9 cm³/mol. The molecule has 0 saturated carbocycles. The molecule has 0 bridgehead atoms. The molecule has 1 unspecified atom stereocenters. The molecule has 0 spiro atoms. The van der Waals surface area contributed by atoms with Crippen molar-refractivity contribution in [2.45, 2.75) is 13.0 Å². The van der Waals surface area contributed by atoms with Crippen molar-refractivity contribution in [1.82, 2.24) is 0 Å². The number of methoxy groups -OCH3 is 1. The molecule has 76 valence electrons. The summed E-state index contributed by atoms with van der Waals surface area (Å²) in [6.45, 7) is 1.59. The Morgan fingerprint density at radius 1 is 1.57 bits per heavy atom. The van der Waals surface area contributed by atoms with Crippen LogP contribution in [-0.4, -0.2) is 19.0 Å². The third kappa shape index (κ3) is 2.19. The largest absolute Gasteiger partial charge is 0.374 e. The molecule has 0 aromatic heterocycles. The molecular weight excluding hydrogens is 251 g/mol. The fraction of sp³-hybridized carbons (Fsp3) is 0.300. The second-order valence-corrected chi connectivity index (χ2v) is 3.70. The number of hydrogen-bond donors (Lipinski definition) is 0. The average molecular weight is 261 g/mol. The van der Waals surface area contributed by atoms with Gasteiger partial charge in [0, 0.05) is 7.11 Å². The van der Waals surface area contributed by atoms with Crippen LogP contribution >= 0.6 is 15.9 Å². The van der Waals surface area contributed by atoms with Crippen LogP contribution in [0.15, 0.2) is 22.7 Å². The zero-order valence-corrected chi connectivity index (χ0v) is 9.47. The molecule has 0 heterocycles. The van der Waals surface area contributed by atoms with Gasteiger partial charge in [0.05, 0.1) is 10.0 Å². The van der Waals surface area contributed by atoms with E-state index in [0.717, 1.165) is 0 Å². The molecular formula is C10H10BrFO2. The third-order valence-corrected chi connectivity index (χ3v) is 2.55. The zero-order chi connectivity index (χ0) is 10.7. The van der Waals surface area contributed by atoms with Crippen molar-refractivity contribution >= 4 is 21.7 Å². The minimum Gasteiger partial charge on any atom is -0.374 e. The van der Waals surface area contributed by atoms with Gasteiger partial charge in [-0.15, -0.1) is 0 Å². The first-order chi connectivity index (χ1) is 6.57. The van der Waals surface area contributed by atoms with Gasteiger partial charge in [-0.05, 0) is 35.0 Å². The Kier molecular flexibility index (Phi) is 3.77. The lowest BCUT2D eigenvalue weighted by atomic mass is 10.1. The van der Waals surface area contributed by atoms with Gasteiger partial charge in [-0.3, -0.25) is 4.79 Å². The molecule has 0 aliphatic carbocycles. The standard InChI is InChI=1S/C10H10BrFO2/c1-6(14-2)10(13)7-4-3-5-8(11)9(7)12/h3-6H,1-2H3. The van der Waals surface area contributed by atoms with Gasteiger partial charge in [0.15, 0.2) is 5.78 Å². The van der Waals surface area contributed by atoms with Gasteiger partial charge < -0.3 is 4.74 Å². The van der Waals surface area contributed by atoms with E-state index < -0.39 is 11.9 Å². The van der Waals surface area contributed by atoms with Crippen LogP contribution in [0.4, 0.5) is 4.39 Å². The van der Waals surface area contributed by atoms with E-state index in [1.54, 1.807) is 19.1 Å². The van der Waals surface area contributed by atoms with Crippen molar-refractivity contribution in [2.75, 3.05) is 7.11 Å². The zero-order valence-electron chi connectivity index (χ0n) is 7.88. The third-order valence-electron chi connectivity index (χ3n) is 1.94. The number of carbonyl (C=O) groups is 1. The number of hydrogen-bond acceptors (Lipinski definition) is 2. The van der Waals surface area contributed by atoms with E-state index in [1.165, 1.54) is 13.2 Å². The highest BCUT2D eigenvalue weighted by Crippen LogP contribution is 2.20. The number of ketones is 1. The Hall–Kier alpha value is -0.740. The summed E-state index contributed by atoms with van der Waals surface area (Å²) >= 11 is 3.02. The van der Waals surface area contributed by atoms with Crippen LogP contribution in [-0.2, 0) is 4.74 Å². The van der Waals surface area contributed by atoms with Crippen LogP contribution in [0.5, 0.6) is 0 Å². The molecule has 0 aliphatic rings. The summed E-state index contributed by atoms with van der Waals surface area (Å²) in [6, 6.07) is 4.60. The Balaban J connectivity index is 3.07. The lowest BCUT2D eigenvalue weighted by molar-refractivity contribution is 0.0651. The fourth-order valence-corrected chi connectivity index (χ4v) is 1.39. The normalized spacial score (nSPS) is 12.6. The molecule has 1 rings (SSSR count). The molecule has 4 heteroatoms. The van der Waals surface area contributed by atoms with Crippen molar-refractivity contribution in [2.24, 2.45) is 0 Å². The van der Waals surface area contributed by atoms with Crippen LogP contribution in [0.2, 0.25) is 0 Å². The van der Waals surface area contributed by atoms with Crippen LogP contribution in [0.3, 0.4) is 0 Å². The summed E-state index contributed by atoms with van der Waals surface area (Å²) in [5.41, 5.74) is 0.0497. The highest BCUT2D eigenvalue weighted by Gasteiger charge is 2.19. The van der Waals surface area contributed by atoms with E-state index in [4.69, 9.17) is 4.74 Å². The molecule has 0 fully saturated rings. The molecule has 1 aromatic rings. The highest BCUT2D eigenvalue weighted by molar-refractivity contribution is 9.10. The predicted octanol–water partition coefficient (Wildman–Crippen LogP) is 2.81. The number of carbonyl (C=O) groups excluding carboxylic acids is 1. The maximum atomic E-state index is 13.4. The Bertz CT molecular complexity index is 352. The minimum absolute atomic E-state index is 0.0497. The van der Waals surface area contributed by atoms with Crippen LogP contribution in [0, 0.1) is 5.82 Å². The Morgan fingerprint density at radius 2 is 2.21 bits per heavy atom. The van der Waals surface area contributed by atoms with E-state index in [-0.39, 0.29) is 15.8 Å². The lowest BCUT2D eigenvalue weighted by Crippen LogP contribution is -2.20. The molecule has 0 saturated heterocycles. The van der Waals surface area contributed by atoms with Crippen LogP contribution in [0.1, 0.15) is 17.3 Å². The lowest BCUT2D eigenvalue weighted by Gasteiger charge is -2.09. The molecule has 2 nitrogen and oxygen atoms in total. The molecule has 1 atom stereocenters. The Morgan fingerprint density at radius 3 is 2.79 bits per heavy atom. The van der Waals surface area contributed by atoms with Crippen molar-refractivity contribution in [3.05, 3.63) is 34.1 Å². The van der Waals surface area contributed by atoms with Gasteiger partial charge in [0.1, 0.15) is 11.9 Å². The van der Waals surface area contributed by atoms with Crippen molar-refractivity contribution in [3.8, 4) is 0 Å². The summed E-state index contributed by atoms with van der Waals surface area (Å²) in [5.74, 6) is -0.896. The van der Waals surface area contributed by atoms with E-state index in [1.807, 2.05) is 0 Å². The molecule has 14 heavy (non-hydrogen) atoms. The summed E-state index contributed by atoms with van der Waals surface area (Å²) < 4.78 is 18.5. The van der Waals surface area contributed by atoms with Crippen LogP contribution in [0.25, 0.3) is 0 Å². The SMILES string of the molecule is COC(C)C(=O)c1cccc(Br)c1F. The monoisotopic (exact) mass is 260 g/mol. The van der Waals surface area contributed by atoms with Gasteiger partial charge in [-0.25, -0.2) is 4.39 Å². The Labute approximate surface area is 90.2 Å². The molecule has 0 N–H and O–H groups in total. The van der Waals surface area contributed by atoms with E-state index in [2.05, 4.69) is 15.9 Å². The van der Waals surface area contributed by atoms with Gasteiger partial charge in [0.2, 0.25) is 0 Å². The highest BCUT2D eigenvalue weighted by atomic mass is 79.9. The van der Waals surface area contributed by atoms with Crippen molar-refractivity contribution < 1.29 is 13.9 Å². The summed E-state index contributed by atoms with van der Waals surface area (Å²) in [6.07, 6.45) is -0.626. The number of Topliss-reactive ketones (excluding diaryl/α,β-unsaturated/α-hetero) is 1. The molecule has 1 aromatic carbocycles. The molecule has 0 amide bonds. The first kappa shape index (κ1) is 11.3. The van der Waals surface area contributed by atoms with E-state index >= 15 is 0 Å². The molecule has 0 aliphatic heterocycles. The average Bonchev–Trinajstić information content (AvgIpc) is 2.20. The fourth-order valence-electron chi connectivity index (χ4n) is 1.02. The smallest absolute Gasteiger partial charge is 0.194 e. The summed E-state index contributed by atoms with van der Waals surface area (Å²) in [4.78, 5) is 11.6. The van der Waals surface area contributed by atoms with Gasteiger partial charge in [-0.1, -0.05) is 6.07 Å². The van der Waals surface area contributed by atoms with Crippen molar-refractivity contribution in [3.63, 3.8) is 0 Å². The summed E-state index contributed by atoms with van der Waals surface area (Å²) in [7, 11) is 1.42. The van der Waals surface area contributed by atoms with Gasteiger partial charge in [-0.2, -0.15) is 0 Å². The topological polar surface area (TPSA) is 26.3 Å². The summed E-state index contributed by atoms with van der Waals surface area (Å²) in [5, 5.41) is 0. The second-order valence-electron chi connectivity index (χ2n) is 2.84. The number of benzene rings is 1. The molecule has 0 radical (unpaired) electrons. The number of halogens is 2. The van der Waals surface area contributed by atoms with E-state index in [9.17, 15) is 9.18 Å². The second kappa shape index (κ2) is 4.66. The minimum atomic E-state index is -0.626. The maximum Gasteiger partial charge on any atom is 0.194 e.